The third-order valence-corrected chi connectivity index (χ3v) is 5.85. The number of rotatable bonds is 5. The van der Waals surface area contributed by atoms with Gasteiger partial charge in [0.2, 0.25) is 5.91 Å². The molecule has 4 rings (SSSR count). The molecule has 0 unspecified atom stereocenters. The van der Waals surface area contributed by atoms with Crippen LogP contribution in [0.5, 0.6) is 0 Å². The van der Waals surface area contributed by atoms with Gasteiger partial charge >= 0.3 is 0 Å². The summed E-state index contributed by atoms with van der Waals surface area (Å²) in [5.74, 6) is 2.52. The fourth-order valence-corrected chi connectivity index (χ4v) is 4.39. The van der Waals surface area contributed by atoms with Crippen molar-refractivity contribution in [3.8, 4) is 0 Å². The zero-order valence-electron chi connectivity index (χ0n) is 14.1. The summed E-state index contributed by atoms with van der Waals surface area (Å²) in [6.07, 6.45) is 6.14. The van der Waals surface area contributed by atoms with Gasteiger partial charge in [0.05, 0.1) is 5.25 Å². The summed E-state index contributed by atoms with van der Waals surface area (Å²) in [6.45, 7) is 3.70. The van der Waals surface area contributed by atoms with Crippen molar-refractivity contribution in [2.24, 2.45) is 7.05 Å². The molecule has 3 heterocycles. The highest BCUT2D eigenvalue weighted by Gasteiger charge is 2.34. The topological polar surface area (TPSA) is 68.8 Å². The molecule has 0 N–H and O–H groups in total. The predicted molar refractivity (Wildman–Crippen MR) is 92.1 cm³/mol. The van der Waals surface area contributed by atoms with E-state index in [1.165, 1.54) is 12.8 Å². The average Bonchev–Trinajstić information content (AvgIpc) is 3.21. The lowest BCUT2D eigenvalue weighted by Crippen LogP contribution is -2.43. The fraction of sp³-hybridized carbons (Fsp3) is 0.625. The molecule has 7 nitrogen and oxygen atoms in total. The summed E-state index contributed by atoms with van der Waals surface area (Å²) in [5, 5.41) is 13.9. The molecule has 1 saturated heterocycles. The number of aromatic nitrogens is 5. The molecule has 1 aliphatic carbocycles. The quantitative estimate of drug-likeness (QED) is 0.830. The van der Waals surface area contributed by atoms with Crippen LogP contribution in [0.3, 0.4) is 0 Å². The van der Waals surface area contributed by atoms with Crippen LogP contribution in [0.4, 0.5) is 5.82 Å². The van der Waals surface area contributed by atoms with Gasteiger partial charge in [-0.3, -0.25) is 14.4 Å². The molecule has 0 radical (unpaired) electrons. The maximum atomic E-state index is 12.9. The molecule has 24 heavy (non-hydrogen) atoms. The van der Waals surface area contributed by atoms with E-state index < -0.39 is 0 Å². The molecule has 1 atom stereocenters. The van der Waals surface area contributed by atoms with E-state index in [-0.39, 0.29) is 11.2 Å². The fourth-order valence-electron chi connectivity index (χ4n) is 3.18. The lowest BCUT2D eigenvalue weighted by atomic mass is 10.1. The van der Waals surface area contributed by atoms with Crippen molar-refractivity contribution < 1.29 is 4.79 Å². The van der Waals surface area contributed by atoms with E-state index in [9.17, 15) is 4.79 Å². The van der Waals surface area contributed by atoms with Crippen LogP contribution in [0.25, 0.3) is 0 Å². The number of carbonyl (C=O) groups is 1. The molecular formula is C16H22N6OS. The van der Waals surface area contributed by atoms with Crippen molar-refractivity contribution in [2.45, 2.75) is 55.5 Å². The van der Waals surface area contributed by atoms with Gasteiger partial charge in [0.25, 0.3) is 0 Å². The lowest BCUT2D eigenvalue weighted by molar-refractivity contribution is -0.119. The van der Waals surface area contributed by atoms with Crippen molar-refractivity contribution in [1.29, 1.82) is 0 Å². The first kappa shape index (κ1) is 15.7. The van der Waals surface area contributed by atoms with Crippen molar-refractivity contribution >= 4 is 23.5 Å². The zero-order chi connectivity index (χ0) is 16.7. The molecular weight excluding hydrogens is 324 g/mol. The summed E-state index contributed by atoms with van der Waals surface area (Å²) >= 11 is 1.56. The van der Waals surface area contributed by atoms with Gasteiger partial charge in [0.15, 0.2) is 11.0 Å². The minimum Gasteiger partial charge on any atom is -0.306 e. The predicted octanol–water partition coefficient (Wildman–Crippen LogP) is 2.20. The number of hydrogen-bond acceptors (Lipinski definition) is 5. The molecule has 2 aromatic heterocycles. The first-order valence-corrected chi connectivity index (χ1v) is 9.46. The number of piperidine rings is 1. The Morgan fingerprint density at radius 1 is 1.29 bits per heavy atom. The standard InChI is InChI=1S/C16H22N6OS/c1-3-21-14(11-6-7-11)17-18-16(21)24-12-5-4-9-22(15(12)23)13-8-10-20(2)19-13/h8,10-12H,3-7,9H2,1-2H3/t12-/m1/s1. The Morgan fingerprint density at radius 3 is 2.79 bits per heavy atom. The third kappa shape index (κ3) is 2.83. The highest BCUT2D eigenvalue weighted by molar-refractivity contribution is 8.00. The van der Waals surface area contributed by atoms with Gasteiger partial charge in [-0.25, -0.2) is 0 Å². The SMILES string of the molecule is CCn1c(S[C@@H]2CCCN(c3ccn(C)n3)C2=O)nnc1C1CC1. The maximum absolute atomic E-state index is 12.9. The van der Waals surface area contributed by atoms with Crippen molar-refractivity contribution in [3.05, 3.63) is 18.1 Å². The smallest absolute Gasteiger partial charge is 0.241 e. The van der Waals surface area contributed by atoms with Gasteiger partial charge in [-0.15, -0.1) is 10.2 Å². The average molecular weight is 346 g/mol. The Hall–Kier alpha value is -1.83. The monoisotopic (exact) mass is 346 g/mol. The third-order valence-electron chi connectivity index (χ3n) is 4.62. The Labute approximate surface area is 145 Å². The molecule has 1 aliphatic heterocycles. The summed E-state index contributed by atoms with van der Waals surface area (Å²) in [4.78, 5) is 14.7. The van der Waals surface area contributed by atoms with Gasteiger partial charge in [-0.1, -0.05) is 11.8 Å². The van der Waals surface area contributed by atoms with Crippen molar-refractivity contribution in [2.75, 3.05) is 11.4 Å². The van der Waals surface area contributed by atoms with Crippen molar-refractivity contribution in [1.82, 2.24) is 24.5 Å². The number of aryl methyl sites for hydroxylation is 1. The largest absolute Gasteiger partial charge is 0.306 e. The number of carbonyl (C=O) groups excluding carboxylic acids is 1. The van der Waals surface area contributed by atoms with E-state index in [1.807, 2.05) is 19.3 Å². The summed E-state index contributed by atoms with van der Waals surface area (Å²) in [5.41, 5.74) is 0. The number of nitrogens with zero attached hydrogens (tertiary/aromatic N) is 6. The molecule has 2 aromatic rings. The molecule has 2 aliphatic rings. The van der Waals surface area contributed by atoms with E-state index in [4.69, 9.17) is 0 Å². The normalized spacial score (nSPS) is 21.5. The minimum absolute atomic E-state index is 0.109. The van der Waals surface area contributed by atoms with Crippen LogP contribution in [0.2, 0.25) is 0 Å². The van der Waals surface area contributed by atoms with Crippen LogP contribution >= 0.6 is 11.8 Å². The first-order chi connectivity index (χ1) is 11.7. The Bertz CT molecular complexity index is 750. The van der Waals surface area contributed by atoms with Gasteiger partial charge in [-0.05, 0) is 32.6 Å². The highest BCUT2D eigenvalue weighted by Crippen LogP contribution is 2.41. The summed E-state index contributed by atoms with van der Waals surface area (Å²) in [6, 6.07) is 1.89. The molecule has 0 aromatic carbocycles. The van der Waals surface area contributed by atoms with E-state index in [1.54, 1.807) is 21.3 Å². The van der Waals surface area contributed by atoms with Crippen LogP contribution < -0.4 is 4.90 Å². The second kappa shape index (κ2) is 6.23. The maximum Gasteiger partial charge on any atom is 0.241 e. The number of amides is 1. The molecule has 1 amide bonds. The molecule has 2 fully saturated rings. The first-order valence-electron chi connectivity index (χ1n) is 8.58. The van der Waals surface area contributed by atoms with Crippen molar-refractivity contribution in [3.63, 3.8) is 0 Å². The Morgan fingerprint density at radius 2 is 2.12 bits per heavy atom. The molecule has 1 saturated carbocycles. The summed E-state index contributed by atoms with van der Waals surface area (Å²) < 4.78 is 3.91. The van der Waals surface area contributed by atoms with E-state index in [0.717, 1.165) is 42.7 Å². The van der Waals surface area contributed by atoms with Crippen LogP contribution in [0, 0.1) is 0 Å². The van der Waals surface area contributed by atoms with Crippen LogP contribution in [0.15, 0.2) is 17.4 Å². The number of hydrogen-bond donors (Lipinski definition) is 0. The van der Waals surface area contributed by atoms with Crippen LogP contribution in [-0.4, -0.2) is 42.2 Å². The molecule has 0 bridgehead atoms. The summed E-state index contributed by atoms with van der Waals surface area (Å²) in [7, 11) is 1.87. The number of thioether (sulfide) groups is 1. The van der Waals surface area contributed by atoms with Crippen LogP contribution in [-0.2, 0) is 18.4 Å². The Balaban J connectivity index is 1.53. The number of anilines is 1. The zero-order valence-corrected chi connectivity index (χ0v) is 14.9. The van der Waals surface area contributed by atoms with Gasteiger partial charge in [-0.2, -0.15) is 5.10 Å². The van der Waals surface area contributed by atoms with E-state index in [0.29, 0.717) is 5.92 Å². The van der Waals surface area contributed by atoms with Gasteiger partial charge in [0.1, 0.15) is 5.82 Å². The van der Waals surface area contributed by atoms with Gasteiger partial charge in [0, 0.05) is 38.3 Å². The highest BCUT2D eigenvalue weighted by atomic mass is 32.2. The second-order valence-corrected chi connectivity index (χ2v) is 7.62. The molecule has 128 valence electrons. The van der Waals surface area contributed by atoms with Gasteiger partial charge < -0.3 is 4.57 Å². The lowest BCUT2D eigenvalue weighted by Gasteiger charge is -2.30. The van der Waals surface area contributed by atoms with E-state index >= 15 is 0 Å². The Kier molecular flexibility index (Phi) is 4.07. The van der Waals surface area contributed by atoms with E-state index in [2.05, 4.69) is 26.8 Å². The molecule has 0 spiro atoms. The molecule has 8 heteroatoms. The minimum atomic E-state index is -0.109. The van der Waals surface area contributed by atoms with Crippen LogP contribution in [0.1, 0.15) is 44.3 Å². The second-order valence-electron chi connectivity index (χ2n) is 6.45.